The lowest BCUT2D eigenvalue weighted by molar-refractivity contribution is 0.196. The molecule has 1 atom stereocenters. The Kier molecular flexibility index (Phi) is 3.84. The molecule has 1 aliphatic rings. The maximum absolute atomic E-state index is 4.92. The van der Waals surface area contributed by atoms with Gasteiger partial charge in [0.05, 0.1) is 17.7 Å². The lowest BCUT2D eigenvalue weighted by atomic mass is 9.94. The molecule has 4 rings (SSSR count). The Bertz CT molecular complexity index is 862. The van der Waals surface area contributed by atoms with Crippen molar-refractivity contribution in [2.24, 2.45) is 7.05 Å². The maximum Gasteiger partial charge on any atom is 0.158 e. The first-order chi connectivity index (χ1) is 11.6. The van der Waals surface area contributed by atoms with Gasteiger partial charge in [0, 0.05) is 42.8 Å². The lowest BCUT2D eigenvalue weighted by Gasteiger charge is -2.32. The first kappa shape index (κ1) is 15.3. The van der Waals surface area contributed by atoms with Crippen LogP contribution < -0.4 is 0 Å². The van der Waals surface area contributed by atoms with Gasteiger partial charge in [0.2, 0.25) is 0 Å². The van der Waals surface area contributed by atoms with Crippen molar-refractivity contribution in [1.29, 1.82) is 0 Å². The third-order valence-corrected chi connectivity index (χ3v) is 5.12. The molecule has 24 heavy (non-hydrogen) atoms. The van der Waals surface area contributed by atoms with E-state index in [-0.39, 0.29) is 0 Å². The van der Waals surface area contributed by atoms with Gasteiger partial charge in [-0.15, -0.1) is 0 Å². The second-order valence-corrected chi connectivity index (χ2v) is 6.86. The highest BCUT2D eigenvalue weighted by Crippen LogP contribution is 2.28. The lowest BCUT2D eigenvalue weighted by Crippen LogP contribution is -2.34. The summed E-state index contributed by atoms with van der Waals surface area (Å²) in [5.41, 5.74) is 5.55. The minimum Gasteiger partial charge on any atom is -0.348 e. The molecule has 126 valence electrons. The quantitative estimate of drug-likeness (QED) is 0.804. The van der Waals surface area contributed by atoms with Gasteiger partial charge in [0.25, 0.3) is 0 Å². The third-order valence-electron chi connectivity index (χ3n) is 5.12. The summed E-state index contributed by atoms with van der Waals surface area (Å²) in [4.78, 5) is 15.0. The van der Waals surface area contributed by atoms with Crippen molar-refractivity contribution < 1.29 is 0 Å². The number of aromatic amines is 1. The van der Waals surface area contributed by atoms with Gasteiger partial charge >= 0.3 is 0 Å². The van der Waals surface area contributed by atoms with E-state index in [1.165, 1.54) is 24.2 Å². The normalized spacial score (nSPS) is 19.2. The van der Waals surface area contributed by atoms with Crippen molar-refractivity contribution in [3.8, 4) is 0 Å². The van der Waals surface area contributed by atoms with Crippen molar-refractivity contribution in [2.45, 2.75) is 39.2 Å². The molecule has 0 unspecified atom stereocenters. The Labute approximate surface area is 141 Å². The monoisotopic (exact) mass is 324 g/mol. The molecule has 3 aromatic heterocycles. The van der Waals surface area contributed by atoms with Crippen LogP contribution in [0.3, 0.4) is 0 Å². The third kappa shape index (κ3) is 2.71. The zero-order valence-corrected chi connectivity index (χ0v) is 14.6. The molecule has 6 nitrogen and oxygen atoms in total. The highest BCUT2D eigenvalue weighted by atomic mass is 15.3. The number of fused-ring (bicyclic) bond motifs is 1. The molecule has 0 spiro atoms. The zero-order chi connectivity index (χ0) is 16.7. The van der Waals surface area contributed by atoms with E-state index in [1.807, 2.05) is 18.7 Å². The molecule has 1 aliphatic heterocycles. The molecule has 0 aromatic carbocycles. The number of aryl methyl sites for hydroxylation is 3. The predicted molar refractivity (Wildman–Crippen MR) is 93.8 cm³/mol. The summed E-state index contributed by atoms with van der Waals surface area (Å²) in [7, 11) is 1.97. The first-order valence-corrected chi connectivity index (χ1v) is 8.63. The van der Waals surface area contributed by atoms with Gasteiger partial charge in [-0.05, 0) is 45.4 Å². The minimum atomic E-state index is 0.484. The van der Waals surface area contributed by atoms with E-state index in [9.17, 15) is 0 Å². The average Bonchev–Trinajstić information content (AvgIpc) is 3.11. The fraction of sp³-hybridized carbons (Fsp3) is 0.500. The maximum atomic E-state index is 4.92. The summed E-state index contributed by atoms with van der Waals surface area (Å²) in [5.74, 6) is 0.484. The van der Waals surface area contributed by atoms with Gasteiger partial charge in [-0.25, -0.2) is 9.97 Å². The molecule has 3 aromatic rings. The van der Waals surface area contributed by atoms with Crippen LogP contribution in [0.25, 0.3) is 11.0 Å². The molecule has 1 fully saturated rings. The molecule has 6 heteroatoms. The second-order valence-electron chi connectivity index (χ2n) is 6.86. The smallest absolute Gasteiger partial charge is 0.158 e. The van der Waals surface area contributed by atoms with Crippen LogP contribution in [-0.4, -0.2) is 42.7 Å². The first-order valence-electron chi connectivity index (χ1n) is 8.63. The predicted octanol–water partition coefficient (Wildman–Crippen LogP) is 2.69. The molecular formula is C18H24N6. The van der Waals surface area contributed by atoms with E-state index in [0.29, 0.717) is 5.92 Å². The van der Waals surface area contributed by atoms with Crippen LogP contribution in [0.1, 0.15) is 41.5 Å². The van der Waals surface area contributed by atoms with E-state index in [0.717, 1.165) is 42.1 Å². The minimum absolute atomic E-state index is 0.484. The van der Waals surface area contributed by atoms with Crippen LogP contribution in [0.5, 0.6) is 0 Å². The van der Waals surface area contributed by atoms with Crippen molar-refractivity contribution in [3.63, 3.8) is 0 Å². The summed E-state index contributed by atoms with van der Waals surface area (Å²) in [6, 6.07) is 4.36. The number of rotatable bonds is 3. The summed E-state index contributed by atoms with van der Waals surface area (Å²) in [5, 5.41) is 5.64. The Balaban J connectivity index is 1.55. The number of hydrogen-bond donors (Lipinski definition) is 1. The fourth-order valence-electron chi connectivity index (χ4n) is 3.74. The highest BCUT2D eigenvalue weighted by Gasteiger charge is 2.24. The summed E-state index contributed by atoms with van der Waals surface area (Å²) in [6.07, 6.45) is 4.19. The van der Waals surface area contributed by atoms with Crippen molar-refractivity contribution in [3.05, 3.63) is 41.2 Å². The molecule has 4 heterocycles. The van der Waals surface area contributed by atoms with E-state index < -0.39 is 0 Å². The number of H-pyrrole nitrogens is 1. The van der Waals surface area contributed by atoms with Crippen molar-refractivity contribution >= 4 is 11.0 Å². The van der Waals surface area contributed by atoms with Crippen LogP contribution >= 0.6 is 0 Å². The number of nitrogens with one attached hydrogen (secondary N) is 1. The van der Waals surface area contributed by atoms with Gasteiger partial charge in [0.15, 0.2) is 5.65 Å². The molecule has 0 bridgehead atoms. The van der Waals surface area contributed by atoms with Crippen LogP contribution in [-0.2, 0) is 13.6 Å². The standard InChI is InChI=1S/C18H24N6/c1-12-15-6-7-16(21-18(15)23(3)22-12)14-5-4-8-24(9-14)10-17-13(2)19-11-20-17/h6-7,11,14H,4-5,8-10H2,1-3H3,(H,19,20)/t14-/m0/s1. The molecule has 0 aliphatic carbocycles. The second kappa shape index (κ2) is 6.02. The highest BCUT2D eigenvalue weighted by molar-refractivity contribution is 5.78. The summed E-state index contributed by atoms with van der Waals surface area (Å²) < 4.78 is 1.89. The van der Waals surface area contributed by atoms with Crippen molar-refractivity contribution in [2.75, 3.05) is 13.1 Å². The van der Waals surface area contributed by atoms with Gasteiger partial charge in [-0.1, -0.05) is 0 Å². The van der Waals surface area contributed by atoms with E-state index in [1.54, 1.807) is 6.33 Å². The number of pyridine rings is 1. The van der Waals surface area contributed by atoms with E-state index in [4.69, 9.17) is 4.98 Å². The number of piperidine rings is 1. The van der Waals surface area contributed by atoms with Crippen LogP contribution in [0, 0.1) is 13.8 Å². The molecular weight excluding hydrogens is 300 g/mol. The van der Waals surface area contributed by atoms with Crippen LogP contribution in [0.15, 0.2) is 18.5 Å². The van der Waals surface area contributed by atoms with Gasteiger partial charge in [-0.3, -0.25) is 9.58 Å². The van der Waals surface area contributed by atoms with E-state index in [2.05, 4.69) is 39.0 Å². The summed E-state index contributed by atoms with van der Waals surface area (Å²) in [6.45, 7) is 7.22. The number of aromatic nitrogens is 5. The van der Waals surface area contributed by atoms with Gasteiger partial charge < -0.3 is 4.98 Å². The van der Waals surface area contributed by atoms with Gasteiger partial charge in [0.1, 0.15) is 0 Å². The fourth-order valence-corrected chi connectivity index (χ4v) is 3.74. The SMILES string of the molecule is Cc1[nH]cnc1CN1CCC[C@H](c2ccc3c(C)nn(C)c3n2)C1. The Morgan fingerprint density at radius 3 is 2.96 bits per heavy atom. The number of imidazole rings is 1. The van der Waals surface area contributed by atoms with Gasteiger partial charge in [-0.2, -0.15) is 5.10 Å². The topological polar surface area (TPSA) is 62.6 Å². The number of likely N-dealkylation sites (tertiary alicyclic amines) is 1. The molecule has 0 amide bonds. The van der Waals surface area contributed by atoms with E-state index >= 15 is 0 Å². The average molecular weight is 324 g/mol. The van der Waals surface area contributed by atoms with Crippen molar-refractivity contribution in [1.82, 2.24) is 29.6 Å². The number of nitrogens with zero attached hydrogens (tertiary/aromatic N) is 5. The molecule has 1 saturated heterocycles. The largest absolute Gasteiger partial charge is 0.348 e. The molecule has 0 saturated carbocycles. The van der Waals surface area contributed by atoms with Crippen LogP contribution in [0.2, 0.25) is 0 Å². The Morgan fingerprint density at radius 2 is 2.17 bits per heavy atom. The Hall–Kier alpha value is -2.21. The Morgan fingerprint density at radius 1 is 1.29 bits per heavy atom. The number of hydrogen-bond acceptors (Lipinski definition) is 4. The van der Waals surface area contributed by atoms with Crippen LogP contribution in [0.4, 0.5) is 0 Å². The molecule has 0 radical (unpaired) electrons. The summed E-state index contributed by atoms with van der Waals surface area (Å²) >= 11 is 0. The zero-order valence-electron chi connectivity index (χ0n) is 14.6. The molecule has 1 N–H and O–H groups in total.